The second-order valence-electron chi connectivity index (χ2n) is 7.13. The molecule has 0 fully saturated rings. The smallest absolute Gasteiger partial charge is 0.271 e. The number of hydrogen-bond donors (Lipinski definition) is 1. The van der Waals surface area contributed by atoms with Gasteiger partial charge in [-0.3, -0.25) is 4.79 Å². The molecule has 0 bridgehead atoms. The molecular weight excluding hydrogens is 423 g/mol. The number of hydrazone groups is 1. The molecule has 6 nitrogen and oxygen atoms in total. The maximum Gasteiger partial charge on any atom is 0.271 e. The quantitative estimate of drug-likeness (QED) is 0.316. The Labute approximate surface area is 193 Å². The van der Waals surface area contributed by atoms with E-state index in [0.717, 1.165) is 17.5 Å². The lowest BCUT2D eigenvalue weighted by molar-refractivity contribution is 0.0954. The molecular formula is C26H27FN2O4. The van der Waals surface area contributed by atoms with Gasteiger partial charge in [0, 0.05) is 5.56 Å². The summed E-state index contributed by atoms with van der Waals surface area (Å²) in [5.41, 5.74) is 4.55. The van der Waals surface area contributed by atoms with Crippen LogP contribution in [0.25, 0.3) is 0 Å². The van der Waals surface area contributed by atoms with Crippen LogP contribution in [0.4, 0.5) is 4.39 Å². The van der Waals surface area contributed by atoms with Gasteiger partial charge < -0.3 is 14.2 Å². The molecule has 0 saturated carbocycles. The molecule has 0 atom stereocenters. The molecule has 0 spiro atoms. The molecule has 7 heteroatoms. The van der Waals surface area contributed by atoms with Crippen LogP contribution < -0.4 is 19.6 Å². The first-order valence-corrected chi connectivity index (χ1v) is 10.8. The van der Waals surface area contributed by atoms with E-state index < -0.39 is 0 Å². The Balaban J connectivity index is 1.59. The van der Waals surface area contributed by atoms with Gasteiger partial charge in [-0.2, -0.15) is 5.10 Å². The van der Waals surface area contributed by atoms with Crippen molar-refractivity contribution < 1.29 is 23.4 Å². The van der Waals surface area contributed by atoms with Crippen molar-refractivity contribution in [1.82, 2.24) is 5.43 Å². The number of ether oxygens (including phenoxy) is 3. The number of carbonyl (C=O) groups is 1. The van der Waals surface area contributed by atoms with Crippen LogP contribution in [0.15, 0.2) is 71.8 Å². The lowest BCUT2D eigenvalue weighted by atomic mass is 10.2. The summed E-state index contributed by atoms with van der Waals surface area (Å²) in [5, 5.41) is 4.04. The van der Waals surface area contributed by atoms with Gasteiger partial charge in [0.1, 0.15) is 18.2 Å². The lowest BCUT2D eigenvalue weighted by Gasteiger charge is -2.12. The van der Waals surface area contributed by atoms with E-state index in [4.69, 9.17) is 14.2 Å². The molecule has 0 heterocycles. The summed E-state index contributed by atoms with van der Waals surface area (Å²) in [5.74, 6) is 1.12. The van der Waals surface area contributed by atoms with E-state index in [1.54, 1.807) is 36.4 Å². The number of benzene rings is 3. The highest BCUT2D eigenvalue weighted by Crippen LogP contribution is 2.28. The number of rotatable bonds is 11. The largest absolute Gasteiger partial charge is 0.490 e. The molecule has 0 aliphatic rings. The molecule has 172 valence electrons. The van der Waals surface area contributed by atoms with Crippen LogP contribution in [-0.4, -0.2) is 25.3 Å². The molecule has 0 aliphatic carbocycles. The zero-order valence-corrected chi connectivity index (χ0v) is 18.7. The van der Waals surface area contributed by atoms with E-state index in [2.05, 4.69) is 10.5 Å². The molecule has 0 aromatic heterocycles. The zero-order chi connectivity index (χ0) is 23.5. The van der Waals surface area contributed by atoms with Crippen LogP contribution in [0.5, 0.6) is 17.2 Å². The fourth-order valence-corrected chi connectivity index (χ4v) is 2.91. The van der Waals surface area contributed by atoms with Crippen LogP contribution in [0, 0.1) is 5.82 Å². The molecule has 33 heavy (non-hydrogen) atoms. The van der Waals surface area contributed by atoms with E-state index in [0.29, 0.717) is 42.6 Å². The minimum Gasteiger partial charge on any atom is -0.490 e. The number of nitrogens with zero attached hydrogens (tertiary/aromatic N) is 1. The average molecular weight is 451 g/mol. The van der Waals surface area contributed by atoms with Gasteiger partial charge in [0.2, 0.25) is 0 Å². The predicted octanol–water partition coefficient (Wildman–Crippen LogP) is 5.36. The maximum atomic E-state index is 13.0. The Kier molecular flexibility index (Phi) is 8.82. The third-order valence-electron chi connectivity index (χ3n) is 4.52. The minimum atomic E-state index is -0.363. The summed E-state index contributed by atoms with van der Waals surface area (Å²) in [7, 11) is 0. The van der Waals surface area contributed by atoms with E-state index in [9.17, 15) is 9.18 Å². The fraction of sp³-hybridized carbons (Fsp3) is 0.231. The minimum absolute atomic E-state index is 0.283. The molecule has 0 aliphatic heterocycles. The molecule has 1 N–H and O–H groups in total. The van der Waals surface area contributed by atoms with Gasteiger partial charge in [-0.05, 0) is 66.9 Å². The van der Waals surface area contributed by atoms with Crippen LogP contribution in [-0.2, 0) is 6.61 Å². The van der Waals surface area contributed by atoms with Gasteiger partial charge >= 0.3 is 0 Å². The molecule has 0 unspecified atom stereocenters. The first-order chi connectivity index (χ1) is 16.1. The van der Waals surface area contributed by atoms with Crippen LogP contribution >= 0.6 is 0 Å². The molecule has 3 rings (SSSR count). The van der Waals surface area contributed by atoms with E-state index >= 15 is 0 Å². The fourth-order valence-electron chi connectivity index (χ4n) is 2.91. The van der Waals surface area contributed by atoms with Crippen molar-refractivity contribution in [2.24, 2.45) is 5.10 Å². The average Bonchev–Trinajstić information content (AvgIpc) is 2.83. The van der Waals surface area contributed by atoms with Gasteiger partial charge in [0.05, 0.1) is 19.4 Å². The highest BCUT2D eigenvalue weighted by Gasteiger charge is 2.11. The summed E-state index contributed by atoms with van der Waals surface area (Å²) in [6.45, 7) is 5.25. The number of nitrogens with one attached hydrogen (secondary N) is 1. The third-order valence-corrected chi connectivity index (χ3v) is 4.52. The monoisotopic (exact) mass is 450 g/mol. The molecule has 3 aromatic rings. The first-order valence-electron chi connectivity index (χ1n) is 10.8. The van der Waals surface area contributed by atoms with Gasteiger partial charge in [-0.25, -0.2) is 9.82 Å². The second-order valence-corrected chi connectivity index (χ2v) is 7.13. The molecule has 0 radical (unpaired) electrons. The van der Waals surface area contributed by atoms with Crippen molar-refractivity contribution in [3.05, 3.63) is 89.2 Å². The first kappa shape index (κ1) is 23.8. The summed E-state index contributed by atoms with van der Waals surface area (Å²) < 4.78 is 30.0. The summed E-state index contributed by atoms with van der Waals surface area (Å²) in [6.07, 6.45) is 2.41. The van der Waals surface area contributed by atoms with Crippen molar-refractivity contribution in [1.29, 1.82) is 0 Å². The number of hydrogen-bond acceptors (Lipinski definition) is 5. The Morgan fingerprint density at radius 2 is 1.79 bits per heavy atom. The van der Waals surface area contributed by atoms with Gasteiger partial charge in [-0.15, -0.1) is 0 Å². The number of halogens is 1. The molecule has 3 aromatic carbocycles. The zero-order valence-electron chi connectivity index (χ0n) is 18.7. The van der Waals surface area contributed by atoms with Crippen LogP contribution in [0.3, 0.4) is 0 Å². The van der Waals surface area contributed by atoms with E-state index in [-0.39, 0.29) is 11.7 Å². The normalized spacial score (nSPS) is 10.8. The highest BCUT2D eigenvalue weighted by molar-refractivity contribution is 5.95. The Hall–Kier alpha value is -3.87. The topological polar surface area (TPSA) is 69.2 Å². The second kappa shape index (κ2) is 12.2. The van der Waals surface area contributed by atoms with Crippen molar-refractivity contribution in [2.75, 3.05) is 13.2 Å². The SMILES string of the molecule is CCCOc1ccc(C(=O)N/N=C/c2cccc(OCc3ccc(F)cc3)c2)cc1OCC. The van der Waals surface area contributed by atoms with Crippen molar-refractivity contribution >= 4 is 12.1 Å². The predicted molar refractivity (Wildman–Crippen MR) is 126 cm³/mol. The number of amides is 1. The van der Waals surface area contributed by atoms with Gasteiger partial charge in [-0.1, -0.05) is 31.2 Å². The Morgan fingerprint density at radius 3 is 2.55 bits per heavy atom. The third kappa shape index (κ3) is 7.35. The van der Waals surface area contributed by atoms with Gasteiger partial charge in [0.25, 0.3) is 5.91 Å². The summed E-state index contributed by atoms with van der Waals surface area (Å²) in [6, 6.07) is 18.5. The number of carbonyl (C=O) groups excluding carboxylic acids is 1. The highest BCUT2D eigenvalue weighted by atomic mass is 19.1. The van der Waals surface area contributed by atoms with Gasteiger partial charge in [0.15, 0.2) is 11.5 Å². The van der Waals surface area contributed by atoms with Crippen molar-refractivity contribution in [2.45, 2.75) is 26.9 Å². The van der Waals surface area contributed by atoms with E-state index in [1.165, 1.54) is 18.3 Å². The molecule has 1 amide bonds. The summed E-state index contributed by atoms with van der Waals surface area (Å²) >= 11 is 0. The lowest BCUT2D eigenvalue weighted by Crippen LogP contribution is -2.17. The van der Waals surface area contributed by atoms with E-state index in [1.807, 2.05) is 32.0 Å². The van der Waals surface area contributed by atoms with Crippen LogP contribution in [0.2, 0.25) is 0 Å². The van der Waals surface area contributed by atoms with Crippen molar-refractivity contribution in [3.63, 3.8) is 0 Å². The van der Waals surface area contributed by atoms with Crippen molar-refractivity contribution in [3.8, 4) is 17.2 Å². The Bertz CT molecular complexity index is 1080. The maximum absolute atomic E-state index is 13.0. The standard InChI is InChI=1S/C26H27FN2O4/c1-3-14-32-24-13-10-21(16-25(24)31-4-2)26(30)29-28-17-20-6-5-7-23(15-20)33-18-19-8-11-22(27)12-9-19/h5-13,15-17H,3-4,14,18H2,1-2H3,(H,29,30)/b28-17+. The van der Waals surface area contributed by atoms with Crippen LogP contribution in [0.1, 0.15) is 41.8 Å². The molecule has 0 saturated heterocycles. The summed E-state index contributed by atoms with van der Waals surface area (Å²) in [4.78, 5) is 12.5. The Morgan fingerprint density at radius 1 is 0.970 bits per heavy atom.